The molecule has 4 aromatic rings. The molecule has 3 aromatic heterocycles. The number of morpholine rings is 1. The van der Waals surface area contributed by atoms with Crippen LogP contribution in [0.4, 0.5) is 5.82 Å². The highest BCUT2D eigenvalue weighted by Gasteiger charge is 2.26. The SMILES string of the molecule is Cc1cccc2cc([C@H](C)Nc3ncnc4cccnc34)nc(C(=O)N3CCOC(C)C3)c12. The number of ether oxygens (including phenoxy) is 1. The van der Waals surface area contributed by atoms with Crippen molar-refractivity contribution >= 4 is 33.5 Å². The summed E-state index contributed by atoms with van der Waals surface area (Å²) < 4.78 is 5.63. The fourth-order valence-electron chi connectivity index (χ4n) is 4.32. The molecule has 4 heterocycles. The van der Waals surface area contributed by atoms with E-state index in [0.29, 0.717) is 36.7 Å². The molecule has 0 spiro atoms. The van der Waals surface area contributed by atoms with Crippen LogP contribution in [0.5, 0.6) is 0 Å². The molecule has 8 nitrogen and oxygen atoms in total. The van der Waals surface area contributed by atoms with Crippen molar-refractivity contribution in [1.82, 2.24) is 24.8 Å². The highest BCUT2D eigenvalue weighted by molar-refractivity contribution is 6.06. The molecule has 1 amide bonds. The minimum Gasteiger partial charge on any atom is -0.375 e. The Labute approximate surface area is 192 Å². The maximum atomic E-state index is 13.6. The fraction of sp³-hybridized carbons (Fsp3) is 0.320. The van der Waals surface area contributed by atoms with Crippen molar-refractivity contribution < 1.29 is 9.53 Å². The molecular weight excluding hydrogens is 416 g/mol. The van der Waals surface area contributed by atoms with Gasteiger partial charge in [-0.15, -0.1) is 0 Å². The van der Waals surface area contributed by atoms with E-state index in [9.17, 15) is 4.79 Å². The first-order valence-corrected chi connectivity index (χ1v) is 11.1. The number of carbonyl (C=O) groups is 1. The Hall–Kier alpha value is -3.65. The molecule has 0 radical (unpaired) electrons. The Morgan fingerprint density at radius 1 is 1.21 bits per heavy atom. The minimum atomic E-state index is -0.204. The van der Waals surface area contributed by atoms with Crippen LogP contribution < -0.4 is 5.32 Å². The van der Waals surface area contributed by atoms with Gasteiger partial charge in [0.05, 0.1) is 30.0 Å². The van der Waals surface area contributed by atoms with Gasteiger partial charge in [-0.2, -0.15) is 0 Å². The summed E-state index contributed by atoms with van der Waals surface area (Å²) in [7, 11) is 0. The molecule has 1 N–H and O–H groups in total. The van der Waals surface area contributed by atoms with E-state index in [1.165, 1.54) is 6.33 Å². The lowest BCUT2D eigenvalue weighted by atomic mass is 10.0. The van der Waals surface area contributed by atoms with Gasteiger partial charge >= 0.3 is 0 Å². The predicted molar refractivity (Wildman–Crippen MR) is 127 cm³/mol. The second-order valence-corrected chi connectivity index (χ2v) is 8.46. The van der Waals surface area contributed by atoms with Gasteiger partial charge in [-0.05, 0) is 49.9 Å². The van der Waals surface area contributed by atoms with Crippen molar-refractivity contribution in [3.8, 4) is 0 Å². The predicted octanol–water partition coefficient (Wildman–Crippen LogP) is 3.92. The molecule has 1 aromatic carbocycles. The molecule has 1 aliphatic heterocycles. The summed E-state index contributed by atoms with van der Waals surface area (Å²) in [4.78, 5) is 33.4. The second-order valence-electron chi connectivity index (χ2n) is 8.46. The summed E-state index contributed by atoms with van der Waals surface area (Å²) in [5.41, 5.74) is 3.74. The summed E-state index contributed by atoms with van der Waals surface area (Å²) in [6, 6.07) is 11.6. The number of carbonyl (C=O) groups excluding carboxylic acids is 1. The summed E-state index contributed by atoms with van der Waals surface area (Å²) in [6.45, 7) is 7.67. The maximum absolute atomic E-state index is 13.6. The van der Waals surface area contributed by atoms with E-state index in [2.05, 4.69) is 20.3 Å². The molecule has 33 heavy (non-hydrogen) atoms. The highest BCUT2D eigenvalue weighted by Crippen LogP contribution is 2.28. The number of pyridine rings is 2. The smallest absolute Gasteiger partial charge is 0.273 e. The second kappa shape index (κ2) is 8.71. The summed E-state index contributed by atoms with van der Waals surface area (Å²) in [6.07, 6.45) is 3.25. The standard InChI is InChI=1S/C25H26N6O2/c1-15-6-4-7-18-12-20(17(3)29-24-22-19(27-14-28-24)8-5-9-26-22)30-23(21(15)18)25(32)31-10-11-33-16(2)13-31/h4-9,12,14,16-17H,10-11,13H2,1-3H3,(H,27,28,29)/t16?,17-/m0/s1. The molecule has 1 unspecified atom stereocenters. The molecule has 1 saturated heterocycles. The van der Waals surface area contributed by atoms with E-state index < -0.39 is 0 Å². The maximum Gasteiger partial charge on any atom is 0.273 e. The number of rotatable bonds is 4. The van der Waals surface area contributed by atoms with Gasteiger partial charge in [-0.25, -0.2) is 15.0 Å². The largest absolute Gasteiger partial charge is 0.375 e. The molecule has 0 saturated carbocycles. The van der Waals surface area contributed by atoms with Gasteiger partial charge in [-0.1, -0.05) is 18.2 Å². The molecule has 2 atom stereocenters. The van der Waals surface area contributed by atoms with Crippen LogP contribution in [0.3, 0.4) is 0 Å². The Balaban J connectivity index is 1.55. The van der Waals surface area contributed by atoms with Crippen molar-refractivity contribution in [3.05, 3.63) is 65.9 Å². The van der Waals surface area contributed by atoms with Crippen LogP contribution in [-0.4, -0.2) is 56.5 Å². The van der Waals surface area contributed by atoms with Gasteiger partial charge in [0.15, 0.2) is 5.82 Å². The number of fused-ring (bicyclic) bond motifs is 2. The van der Waals surface area contributed by atoms with Crippen LogP contribution >= 0.6 is 0 Å². The molecule has 0 aliphatic carbocycles. The van der Waals surface area contributed by atoms with E-state index in [1.54, 1.807) is 6.20 Å². The summed E-state index contributed by atoms with van der Waals surface area (Å²) >= 11 is 0. The van der Waals surface area contributed by atoms with Crippen LogP contribution in [0, 0.1) is 6.92 Å². The van der Waals surface area contributed by atoms with Crippen LogP contribution in [0.15, 0.2) is 48.9 Å². The number of hydrogen-bond acceptors (Lipinski definition) is 7. The average molecular weight is 443 g/mol. The van der Waals surface area contributed by atoms with Crippen LogP contribution in [-0.2, 0) is 4.74 Å². The highest BCUT2D eigenvalue weighted by atomic mass is 16.5. The van der Waals surface area contributed by atoms with Gasteiger partial charge in [0.2, 0.25) is 0 Å². The zero-order valence-electron chi connectivity index (χ0n) is 18.9. The van der Waals surface area contributed by atoms with Crippen LogP contribution in [0.25, 0.3) is 21.8 Å². The molecular formula is C25H26N6O2. The van der Waals surface area contributed by atoms with Crippen molar-refractivity contribution in [2.75, 3.05) is 25.0 Å². The number of aryl methyl sites for hydroxylation is 1. The Kier molecular flexibility index (Phi) is 5.60. The number of benzene rings is 1. The van der Waals surface area contributed by atoms with Crippen molar-refractivity contribution in [1.29, 1.82) is 0 Å². The quantitative estimate of drug-likeness (QED) is 0.512. The van der Waals surface area contributed by atoms with Gasteiger partial charge < -0.3 is 15.0 Å². The molecule has 1 aliphatic rings. The first kappa shape index (κ1) is 21.2. The third-order valence-electron chi connectivity index (χ3n) is 6.01. The molecule has 5 rings (SSSR count). The third-order valence-corrected chi connectivity index (χ3v) is 6.01. The summed E-state index contributed by atoms with van der Waals surface area (Å²) in [5.74, 6) is 0.571. The fourth-order valence-corrected chi connectivity index (χ4v) is 4.32. The average Bonchev–Trinajstić information content (AvgIpc) is 2.83. The molecule has 168 valence electrons. The van der Waals surface area contributed by atoms with E-state index >= 15 is 0 Å². The van der Waals surface area contributed by atoms with Crippen LogP contribution in [0.1, 0.15) is 41.6 Å². The Morgan fingerprint density at radius 2 is 2.09 bits per heavy atom. The van der Waals surface area contributed by atoms with Crippen LogP contribution in [0.2, 0.25) is 0 Å². The van der Waals surface area contributed by atoms with E-state index in [1.807, 2.05) is 62.1 Å². The lowest BCUT2D eigenvalue weighted by Gasteiger charge is -2.31. The minimum absolute atomic E-state index is 0.0115. The summed E-state index contributed by atoms with van der Waals surface area (Å²) in [5, 5.41) is 5.30. The molecule has 8 heteroatoms. The monoisotopic (exact) mass is 442 g/mol. The zero-order valence-corrected chi connectivity index (χ0v) is 18.9. The van der Waals surface area contributed by atoms with Gasteiger partial charge in [0.25, 0.3) is 5.91 Å². The topological polar surface area (TPSA) is 93.1 Å². The molecule has 1 fully saturated rings. The number of nitrogens with zero attached hydrogens (tertiary/aromatic N) is 5. The first-order valence-electron chi connectivity index (χ1n) is 11.1. The number of hydrogen-bond donors (Lipinski definition) is 1. The Morgan fingerprint density at radius 3 is 2.94 bits per heavy atom. The zero-order chi connectivity index (χ0) is 22.9. The van der Waals surface area contributed by atoms with Gasteiger partial charge in [-0.3, -0.25) is 9.78 Å². The number of nitrogens with one attached hydrogen (secondary N) is 1. The van der Waals surface area contributed by atoms with Crippen molar-refractivity contribution in [3.63, 3.8) is 0 Å². The Bertz CT molecular complexity index is 1340. The number of amides is 1. The first-order chi connectivity index (χ1) is 16.0. The normalized spacial score (nSPS) is 17.3. The lowest BCUT2D eigenvalue weighted by molar-refractivity contribution is -0.0125. The number of aromatic nitrogens is 4. The van der Waals surface area contributed by atoms with E-state index in [4.69, 9.17) is 9.72 Å². The van der Waals surface area contributed by atoms with Gasteiger partial charge in [0.1, 0.15) is 17.5 Å². The van der Waals surface area contributed by atoms with Crippen molar-refractivity contribution in [2.24, 2.45) is 0 Å². The lowest BCUT2D eigenvalue weighted by Crippen LogP contribution is -2.45. The van der Waals surface area contributed by atoms with E-state index in [0.717, 1.165) is 27.5 Å². The molecule has 0 bridgehead atoms. The van der Waals surface area contributed by atoms with E-state index in [-0.39, 0.29) is 18.1 Å². The number of anilines is 1. The van der Waals surface area contributed by atoms with Crippen molar-refractivity contribution in [2.45, 2.75) is 32.9 Å². The third kappa shape index (κ3) is 4.09. The van der Waals surface area contributed by atoms with Gasteiger partial charge in [0, 0.05) is 24.7 Å².